The highest BCUT2D eigenvalue weighted by molar-refractivity contribution is 9.10. The van der Waals surface area contributed by atoms with Crippen molar-refractivity contribution in [1.29, 1.82) is 0 Å². The van der Waals surface area contributed by atoms with Crippen LogP contribution in [-0.2, 0) is 12.7 Å². The summed E-state index contributed by atoms with van der Waals surface area (Å²) in [4.78, 5) is 0. The van der Waals surface area contributed by atoms with Gasteiger partial charge in [0.15, 0.2) is 5.69 Å². The van der Waals surface area contributed by atoms with E-state index in [0.29, 0.717) is 13.1 Å². The Hall–Kier alpha value is -1.50. The van der Waals surface area contributed by atoms with E-state index in [4.69, 9.17) is 0 Å². The van der Waals surface area contributed by atoms with Gasteiger partial charge in [0.25, 0.3) is 0 Å². The normalized spacial score (nSPS) is 11.6. The minimum atomic E-state index is -4.39. The number of para-hydroxylation sites is 1. The minimum Gasteiger partial charge on any atom is -0.382 e. The van der Waals surface area contributed by atoms with Crippen LogP contribution in [0.15, 0.2) is 41.0 Å². The molecule has 0 aliphatic carbocycles. The van der Waals surface area contributed by atoms with Crippen molar-refractivity contribution < 1.29 is 13.2 Å². The van der Waals surface area contributed by atoms with Gasteiger partial charge in [0.1, 0.15) is 0 Å². The number of hydrogen-bond donors (Lipinski definition) is 1. The summed E-state index contributed by atoms with van der Waals surface area (Å²) in [7, 11) is 0. The molecule has 0 saturated heterocycles. The van der Waals surface area contributed by atoms with Crippen LogP contribution in [0.2, 0.25) is 0 Å². The van der Waals surface area contributed by atoms with Crippen molar-refractivity contribution in [2.75, 3.05) is 11.9 Å². The molecule has 0 radical (unpaired) electrons. The van der Waals surface area contributed by atoms with Gasteiger partial charge in [0.05, 0.1) is 6.54 Å². The summed E-state index contributed by atoms with van der Waals surface area (Å²) in [6, 6.07) is 8.51. The first-order valence-electron chi connectivity index (χ1n) is 5.56. The zero-order chi connectivity index (χ0) is 13.9. The molecule has 0 saturated carbocycles. The molecule has 2 rings (SSSR count). The number of benzene rings is 1. The van der Waals surface area contributed by atoms with Crippen molar-refractivity contribution in [2.45, 2.75) is 12.7 Å². The Morgan fingerprint density at radius 2 is 1.95 bits per heavy atom. The second-order valence-corrected chi connectivity index (χ2v) is 4.72. The van der Waals surface area contributed by atoms with E-state index >= 15 is 0 Å². The molecule has 1 N–H and O–H groups in total. The zero-order valence-corrected chi connectivity index (χ0v) is 11.4. The summed E-state index contributed by atoms with van der Waals surface area (Å²) in [6.07, 6.45) is -3.06. The molecule has 7 heteroatoms. The van der Waals surface area contributed by atoms with Crippen LogP contribution in [-0.4, -0.2) is 16.3 Å². The van der Waals surface area contributed by atoms with Crippen molar-refractivity contribution in [2.24, 2.45) is 0 Å². The Bertz CT molecular complexity index is 551. The Labute approximate surface area is 116 Å². The number of rotatable bonds is 4. The number of hydrogen-bond acceptors (Lipinski definition) is 2. The smallest absolute Gasteiger partial charge is 0.382 e. The molecular weight excluding hydrogens is 323 g/mol. The lowest BCUT2D eigenvalue weighted by Gasteiger charge is -2.08. The maximum absolute atomic E-state index is 12.3. The van der Waals surface area contributed by atoms with Crippen LogP contribution in [0, 0.1) is 0 Å². The fraction of sp³-hybridized carbons (Fsp3) is 0.250. The summed E-state index contributed by atoms with van der Waals surface area (Å²) in [5.41, 5.74) is 0.0269. The van der Waals surface area contributed by atoms with Gasteiger partial charge >= 0.3 is 6.18 Å². The average Bonchev–Trinajstić information content (AvgIpc) is 2.80. The van der Waals surface area contributed by atoms with Crippen molar-refractivity contribution >= 4 is 21.6 Å². The number of alkyl halides is 3. The van der Waals surface area contributed by atoms with Gasteiger partial charge in [-0.1, -0.05) is 12.1 Å². The summed E-state index contributed by atoms with van der Waals surface area (Å²) in [5.74, 6) is 0. The number of aromatic nitrogens is 2. The topological polar surface area (TPSA) is 29.9 Å². The van der Waals surface area contributed by atoms with E-state index in [1.165, 1.54) is 10.9 Å². The van der Waals surface area contributed by atoms with E-state index in [-0.39, 0.29) is 0 Å². The van der Waals surface area contributed by atoms with Gasteiger partial charge in [0.2, 0.25) is 0 Å². The third-order valence-electron chi connectivity index (χ3n) is 2.46. The number of halogens is 4. The SMILES string of the molecule is FC(F)(F)c1ccn(CCNc2ccccc2Br)n1. The van der Waals surface area contributed by atoms with Gasteiger partial charge in [-0.2, -0.15) is 18.3 Å². The highest BCUT2D eigenvalue weighted by Crippen LogP contribution is 2.27. The molecule has 0 aliphatic rings. The van der Waals surface area contributed by atoms with Crippen molar-refractivity contribution in [3.05, 3.63) is 46.7 Å². The minimum absolute atomic E-state index is 0.359. The standard InChI is InChI=1S/C12H11BrF3N3/c13-9-3-1-2-4-10(9)17-6-8-19-7-5-11(18-19)12(14,15)16/h1-5,7,17H,6,8H2. The van der Waals surface area contributed by atoms with Crippen LogP contribution < -0.4 is 5.32 Å². The largest absolute Gasteiger partial charge is 0.435 e. The van der Waals surface area contributed by atoms with E-state index in [1.54, 1.807) is 0 Å². The lowest BCUT2D eigenvalue weighted by Crippen LogP contribution is -2.13. The first kappa shape index (κ1) is 13.9. The highest BCUT2D eigenvalue weighted by Gasteiger charge is 2.33. The second-order valence-electron chi connectivity index (χ2n) is 3.87. The van der Waals surface area contributed by atoms with Crippen LogP contribution in [0.25, 0.3) is 0 Å². The summed E-state index contributed by atoms with van der Waals surface area (Å²) < 4.78 is 39.2. The van der Waals surface area contributed by atoms with E-state index in [9.17, 15) is 13.2 Å². The van der Waals surface area contributed by atoms with Crippen LogP contribution in [0.1, 0.15) is 5.69 Å². The fourth-order valence-corrected chi connectivity index (χ4v) is 1.97. The quantitative estimate of drug-likeness (QED) is 0.922. The van der Waals surface area contributed by atoms with Gasteiger partial charge < -0.3 is 5.32 Å². The van der Waals surface area contributed by atoms with Gasteiger partial charge in [0, 0.05) is 22.9 Å². The summed E-state index contributed by atoms with van der Waals surface area (Å²) >= 11 is 3.38. The second kappa shape index (κ2) is 5.64. The maximum atomic E-state index is 12.3. The molecule has 2 aromatic rings. The number of anilines is 1. The van der Waals surface area contributed by atoms with Crippen molar-refractivity contribution in [1.82, 2.24) is 9.78 Å². The Kier molecular flexibility index (Phi) is 4.14. The third kappa shape index (κ3) is 3.73. The summed E-state index contributed by atoms with van der Waals surface area (Å²) in [6.45, 7) is 0.846. The van der Waals surface area contributed by atoms with Crippen molar-refractivity contribution in [3.8, 4) is 0 Å². The lowest BCUT2D eigenvalue weighted by atomic mass is 10.3. The Morgan fingerprint density at radius 3 is 2.58 bits per heavy atom. The van der Waals surface area contributed by atoms with E-state index < -0.39 is 11.9 Å². The van der Waals surface area contributed by atoms with Crippen LogP contribution >= 0.6 is 15.9 Å². The highest BCUT2D eigenvalue weighted by atomic mass is 79.9. The van der Waals surface area contributed by atoms with E-state index in [2.05, 4.69) is 26.3 Å². The lowest BCUT2D eigenvalue weighted by molar-refractivity contribution is -0.141. The monoisotopic (exact) mass is 333 g/mol. The molecule has 0 atom stereocenters. The Balaban J connectivity index is 1.90. The molecule has 102 valence electrons. The van der Waals surface area contributed by atoms with Gasteiger partial charge in [-0.05, 0) is 34.1 Å². The molecule has 1 aromatic carbocycles. The molecule has 1 heterocycles. The van der Waals surface area contributed by atoms with E-state index in [0.717, 1.165) is 16.2 Å². The average molecular weight is 334 g/mol. The van der Waals surface area contributed by atoms with Crippen molar-refractivity contribution in [3.63, 3.8) is 0 Å². The van der Waals surface area contributed by atoms with Crippen LogP contribution in [0.3, 0.4) is 0 Å². The van der Waals surface area contributed by atoms with Crippen LogP contribution in [0.4, 0.5) is 18.9 Å². The maximum Gasteiger partial charge on any atom is 0.435 e. The first-order chi connectivity index (χ1) is 8.97. The molecule has 0 aliphatic heterocycles. The molecule has 19 heavy (non-hydrogen) atoms. The molecule has 0 fully saturated rings. The summed E-state index contributed by atoms with van der Waals surface area (Å²) in [5, 5.41) is 6.60. The molecule has 0 amide bonds. The number of nitrogens with zero attached hydrogens (tertiary/aromatic N) is 2. The van der Waals surface area contributed by atoms with Gasteiger partial charge in [-0.25, -0.2) is 0 Å². The Morgan fingerprint density at radius 1 is 1.21 bits per heavy atom. The molecule has 0 unspecified atom stereocenters. The van der Waals surface area contributed by atoms with Gasteiger partial charge in [-0.3, -0.25) is 4.68 Å². The van der Waals surface area contributed by atoms with Gasteiger partial charge in [-0.15, -0.1) is 0 Å². The predicted octanol–water partition coefficient (Wildman–Crippen LogP) is 3.78. The molecular formula is C12H11BrF3N3. The molecule has 0 spiro atoms. The fourth-order valence-electron chi connectivity index (χ4n) is 1.55. The molecule has 1 aromatic heterocycles. The molecule has 3 nitrogen and oxygen atoms in total. The van der Waals surface area contributed by atoms with E-state index in [1.807, 2.05) is 24.3 Å². The molecule has 0 bridgehead atoms. The number of nitrogens with one attached hydrogen (secondary N) is 1. The zero-order valence-electron chi connectivity index (χ0n) is 9.78. The first-order valence-corrected chi connectivity index (χ1v) is 6.35. The third-order valence-corrected chi connectivity index (χ3v) is 3.15. The predicted molar refractivity (Wildman–Crippen MR) is 69.9 cm³/mol. The van der Waals surface area contributed by atoms with Crippen LogP contribution in [0.5, 0.6) is 0 Å².